The zero-order valence-electron chi connectivity index (χ0n) is 22.2. The SMILES string of the molecule is CC(=O)O.CC(=O)O.CC(=O)O.CC(=O)O.C[C@H](Cc1ccc(O)c(O)c1)[C@@H](C)Cc1ccc(O)c(O)c1. The predicted octanol–water partition coefficient (Wildman–Crippen LogP) is 3.93. The fraction of sp³-hybridized carbons (Fsp3) is 0.385. The lowest BCUT2D eigenvalue weighted by molar-refractivity contribution is -0.135. The smallest absolute Gasteiger partial charge is 0.300 e. The first kappa shape index (κ1) is 38.1. The minimum Gasteiger partial charge on any atom is -0.504 e. The van der Waals surface area contributed by atoms with Gasteiger partial charge in [-0.3, -0.25) is 19.2 Å². The first-order chi connectivity index (χ1) is 17.3. The van der Waals surface area contributed by atoms with E-state index in [9.17, 15) is 20.4 Å². The van der Waals surface area contributed by atoms with Crippen LogP contribution in [0.15, 0.2) is 36.4 Å². The first-order valence-corrected chi connectivity index (χ1v) is 11.1. The summed E-state index contributed by atoms with van der Waals surface area (Å²) in [5.74, 6) is -3.02. The van der Waals surface area contributed by atoms with Crippen molar-refractivity contribution in [3.8, 4) is 23.0 Å². The van der Waals surface area contributed by atoms with Gasteiger partial charge < -0.3 is 40.9 Å². The Hall–Kier alpha value is -4.48. The molecule has 0 heterocycles. The van der Waals surface area contributed by atoms with Gasteiger partial charge in [-0.05, 0) is 60.1 Å². The number of benzene rings is 2. The highest BCUT2D eigenvalue weighted by Gasteiger charge is 2.15. The zero-order chi connectivity index (χ0) is 30.6. The molecule has 2 rings (SSSR count). The van der Waals surface area contributed by atoms with E-state index in [1.54, 1.807) is 12.1 Å². The average Bonchev–Trinajstić information content (AvgIpc) is 2.72. The number of phenols is 4. The molecule has 0 fully saturated rings. The minimum atomic E-state index is -0.833. The summed E-state index contributed by atoms with van der Waals surface area (Å²) in [7, 11) is 0. The lowest BCUT2D eigenvalue weighted by atomic mass is 9.85. The summed E-state index contributed by atoms with van der Waals surface area (Å²) in [6.07, 6.45) is 1.58. The van der Waals surface area contributed by atoms with Crippen molar-refractivity contribution in [2.24, 2.45) is 11.8 Å². The largest absolute Gasteiger partial charge is 0.504 e. The molecule has 0 aliphatic carbocycles. The molecule has 214 valence electrons. The van der Waals surface area contributed by atoms with Crippen LogP contribution in [0.5, 0.6) is 23.0 Å². The van der Waals surface area contributed by atoms with Gasteiger partial charge in [-0.25, -0.2) is 0 Å². The molecule has 0 saturated heterocycles. The number of aromatic hydroxyl groups is 4. The van der Waals surface area contributed by atoms with E-state index in [1.165, 1.54) is 12.1 Å². The van der Waals surface area contributed by atoms with Crippen LogP contribution in [0.25, 0.3) is 0 Å². The van der Waals surface area contributed by atoms with Crippen molar-refractivity contribution in [2.45, 2.75) is 54.4 Å². The number of carboxylic acid groups (broad SMARTS) is 4. The van der Waals surface area contributed by atoms with E-state index in [2.05, 4.69) is 13.8 Å². The molecule has 12 nitrogen and oxygen atoms in total. The lowest BCUT2D eigenvalue weighted by Crippen LogP contribution is -2.13. The highest BCUT2D eigenvalue weighted by molar-refractivity contribution is 5.63. The molecule has 8 N–H and O–H groups in total. The maximum absolute atomic E-state index is 9.54. The molecule has 38 heavy (non-hydrogen) atoms. The summed E-state index contributed by atoms with van der Waals surface area (Å²) in [5.41, 5.74) is 1.95. The topological polar surface area (TPSA) is 230 Å². The Morgan fingerprint density at radius 2 is 0.737 bits per heavy atom. The van der Waals surface area contributed by atoms with E-state index < -0.39 is 23.9 Å². The van der Waals surface area contributed by atoms with Crippen molar-refractivity contribution in [3.63, 3.8) is 0 Å². The van der Waals surface area contributed by atoms with Crippen LogP contribution in [0.1, 0.15) is 52.7 Å². The normalized spacial score (nSPS) is 10.6. The van der Waals surface area contributed by atoms with Gasteiger partial charge in [-0.2, -0.15) is 0 Å². The summed E-state index contributed by atoms with van der Waals surface area (Å²) in [4.78, 5) is 36.0. The number of rotatable bonds is 5. The third kappa shape index (κ3) is 26.1. The average molecular weight is 543 g/mol. The van der Waals surface area contributed by atoms with E-state index in [-0.39, 0.29) is 23.0 Å². The maximum atomic E-state index is 9.54. The van der Waals surface area contributed by atoms with Gasteiger partial charge in [0.2, 0.25) is 0 Å². The van der Waals surface area contributed by atoms with Gasteiger partial charge in [-0.15, -0.1) is 0 Å². The second kappa shape index (κ2) is 20.7. The van der Waals surface area contributed by atoms with Gasteiger partial charge in [-0.1, -0.05) is 26.0 Å². The highest BCUT2D eigenvalue weighted by atomic mass is 16.4. The van der Waals surface area contributed by atoms with Crippen molar-refractivity contribution in [1.82, 2.24) is 0 Å². The van der Waals surface area contributed by atoms with Crippen LogP contribution >= 0.6 is 0 Å². The zero-order valence-corrected chi connectivity index (χ0v) is 22.2. The number of carbonyl (C=O) groups is 4. The molecule has 0 aliphatic heterocycles. The number of hydrogen-bond acceptors (Lipinski definition) is 8. The van der Waals surface area contributed by atoms with Gasteiger partial charge in [0.05, 0.1) is 0 Å². The number of aliphatic carboxylic acids is 4. The van der Waals surface area contributed by atoms with Crippen LogP contribution in [-0.4, -0.2) is 64.7 Å². The second-order valence-corrected chi connectivity index (χ2v) is 8.09. The number of hydrogen-bond donors (Lipinski definition) is 8. The van der Waals surface area contributed by atoms with E-state index in [0.717, 1.165) is 51.7 Å². The van der Waals surface area contributed by atoms with Gasteiger partial charge in [0, 0.05) is 27.7 Å². The van der Waals surface area contributed by atoms with Gasteiger partial charge in [0.25, 0.3) is 23.9 Å². The third-order valence-electron chi connectivity index (χ3n) is 4.17. The first-order valence-electron chi connectivity index (χ1n) is 11.1. The molecule has 2 aromatic rings. The number of carboxylic acids is 4. The Bertz CT molecular complexity index is 896. The van der Waals surface area contributed by atoms with Crippen molar-refractivity contribution in [1.29, 1.82) is 0 Å². The van der Waals surface area contributed by atoms with Crippen LogP contribution < -0.4 is 0 Å². The van der Waals surface area contributed by atoms with E-state index >= 15 is 0 Å². The van der Waals surface area contributed by atoms with Crippen molar-refractivity contribution in [3.05, 3.63) is 47.5 Å². The van der Waals surface area contributed by atoms with Crippen LogP contribution in [0.3, 0.4) is 0 Å². The minimum absolute atomic E-state index is 0.0965. The molecular formula is C26H38O12. The van der Waals surface area contributed by atoms with Crippen molar-refractivity contribution >= 4 is 23.9 Å². The molecule has 12 heteroatoms. The number of phenolic OH excluding ortho intramolecular Hbond substituents is 4. The quantitative estimate of drug-likeness (QED) is 0.251. The fourth-order valence-corrected chi connectivity index (χ4v) is 2.54. The molecule has 0 radical (unpaired) electrons. The molecule has 0 aliphatic rings. The van der Waals surface area contributed by atoms with E-state index in [4.69, 9.17) is 39.6 Å². The summed E-state index contributed by atoms with van der Waals surface area (Å²) < 4.78 is 0. The van der Waals surface area contributed by atoms with Crippen LogP contribution in [0.2, 0.25) is 0 Å². The molecule has 0 spiro atoms. The molecule has 2 atom stereocenters. The third-order valence-corrected chi connectivity index (χ3v) is 4.17. The summed E-state index contributed by atoms with van der Waals surface area (Å²) in [6, 6.07) is 9.80. The summed E-state index contributed by atoms with van der Waals surface area (Å²) >= 11 is 0. The van der Waals surface area contributed by atoms with Crippen molar-refractivity contribution in [2.75, 3.05) is 0 Å². The molecule has 0 aromatic heterocycles. The van der Waals surface area contributed by atoms with Gasteiger partial charge in [0.1, 0.15) is 0 Å². The molecule has 0 bridgehead atoms. The lowest BCUT2D eigenvalue weighted by Gasteiger charge is -2.20. The molecular weight excluding hydrogens is 504 g/mol. The Labute approximate surface area is 221 Å². The highest BCUT2D eigenvalue weighted by Crippen LogP contribution is 2.30. The summed E-state index contributed by atoms with van der Waals surface area (Å²) in [5, 5.41) is 67.4. The van der Waals surface area contributed by atoms with Crippen molar-refractivity contribution < 1.29 is 60.0 Å². The van der Waals surface area contributed by atoms with Gasteiger partial charge >= 0.3 is 0 Å². The summed E-state index contributed by atoms with van der Waals surface area (Å²) in [6.45, 7) is 8.60. The van der Waals surface area contributed by atoms with E-state index in [1.807, 2.05) is 12.1 Å². The standard InChI is InChI=1S/C18H22O4.4C2H4O2/c1-11(7-13-3-5-15(19)17(21)9-13)12(2)8-14-4-6-16(20)18(22)10-14;4*1-2(3)4/h3-6,9-12,19-22H,7-8H2,1-2H3;4*1H3,(H,3,4)/t11-,12+;;;;. The predicted molar refractivity (Wildman–Crippen MR) is 139 cm³/mol. The Morgan fingerprint density at radius 3 is 0.921 bits per heavy atom. The van der Waals surface area contributed by atoms with E-state index in [0.29, 0.717) is 11.8 Å². The Kier molecular flexibility index (Phi) is 20.7. The maximum Gasteiger partial charge on any atom is 0.300 e. The molecule has 0 amide bonds. The second-order valence-electron chi connectivity index (χ2n) is 8.09. The fourth-order valence-electron chi connectivity index (χ4n) is 2.54. The molecule has 0 saturated carbocycles. The molecule has 2 aromatic carbocycles. The van der Waals surface area contributed by atoms with Gasteiger partial charge in [0.15, 0.2) is 23.0 Å². The van der Waals surface area contributed by atoms with Crippen LogP contribution in [0.4, 0.5) is 0 Å². The Balaban J connectivity index is -0.000000627. The Morgan fingerprint density at radius 1 is 0.526 bits per heavy atom. The van der Waals surface area contributed by atoms with Crippen LogP contribution in [0, 0.1) is 11.8 Å². The van der Waals surface area contributed by atoms with Crippen LogP contribution in [-0.2, 0) is 32.0 Å². The monoisotopic (exact) mass is 542 g/mol. The molecule has 0 unspecified atom stereocenters.